The number of aryl methyl sites for hydroxylation is 2. The molecule has 0 amide bonds. The van der Waals surface area contributed by atoms with Crippen molar-refractivity contribution in [1.82, 2.24) is 4.90 Å². The molecule has 0 aromatic heterocycles. The van der Waals surface area contributed by atoms with E-state index in [-0.39, 0.29) is 0 Å². The van der Waals surface area contributed by atoms with Crippen LogP contribution in [-0.4, -0.2) is 4.90 Å². The first-order valence-electron chi connectivity index (χ1n) is 12.0. The van der Waals surface area contributed by atoms with Gasteiger partial charge in [0.15, 0.2) is 0 Å². The number of nitrogens with zero attached hydrogens (tertiary/aromatic N) is 1. The average molecular weight is 438 g/mol. The highest BCUT2D eigenvalue weighted by molar-refractivity contribution is 7.23. The van der Waals surface area contributed by atoms with Crippen LogP contribution in [0, 0.1) is 13.8 Å². The Kier molecular flexibility index (Phi) is 11.3. The third kappa shape index (κ3) is 5.89. The molecule has 1 atom stereocenters. The van der Waals surface area contributed by atoms with Crippen molar-refractivity contribution in [2.24, 2.45) is 0 Å². The number of allylic oxidation sites excluding steroid dienone is 1. The van der Waals surface area contributed by atoms with E-state index >= 15 is 0 Å². The summed E-state index contributed by atoms with van der Waals surface area (Å²) in [5.41, 5.74) is 12.6. The summed E-state index contributed by atoms with van der Waals surface area (Å²) in [5, 5.41) is 0.962. The van der Waals surface area contributed by atoms with Crippen molar-refractivity contribution in [2.75, 3.05) is 0 Å². The van der Waals surface area contributed by atoms with Crippen molar-refractivity contribution in [1.29, 1.82) is 0 Å². The van der Waals surface area contributed by atoms with Gasteiger partial charge >= 0.3 is 0 Å². The van der Waals surface area contributed by atoms with E-state index in [1.54, 1.807) is 0 Å². The van der Waals surface area contributed by atoms with E-state index in [0.29, 0.717) is 0 Å². The molecule has 3 rings (SSSR count). The van der Waals surface area contributed by atoms with Gasteiger partial charge < -0.3 is 4.90 Å². The Hall–Kier alpha value is -1.85. The molecule has 1 aliphatic rings. The third-order valence-electron chi connectivity index (χ3n) is 5.85. The van der Waals surface area contributed by atoms with Crippen molar-refractivity contribution in [3.8, 4) is 11.1 Å². The molecule has 0 saturated heterocycles. The lowest BCUT2D eigenvalue weighted by Crippen LogP contribution is -2.20. The lowest BCUT2D eigenvalue weighted by atomic mass is 9.83. The van der Waals surface area contributed by atoms with Crippen molar-refractivity contribution in [3.05, 3.63) is 81.8 Å². The Morgan fingerprint density at radius 1 is 0.839 bits per heavy atom. The van der Waals surface area contributed by atoms with Gasteiger partial charge in [0.25, 0.3) is 0 Å². The summed E-state index contributed by atoms with van der Waals surface area (Å²) in [5.74, 6) is 0. The summed E-state index contributed by atoms with van der Waals surface area (Å²) in [4.78, 5) is 2.37. The van der Waals surface area contributed by atoms with Gasteiger partial charge in [0, 0.05) is 18.8 Å². The van der Waals surface area contributed by atoms with Gasteiger partial charge in [-0.2, -0.15) is 0 Å². The van der Waals surface area contributed by atoms with Crippen LogP contribution >= 0.6 is 9.24 Å². The maximum Gasteiger partial charge on any atom is 0.0439 e. The van der Waals surface area contributed by atoms with Gasteiger partial charge in [-0.1, -0.05) is 85.4 Å². The van der Waals surface area contributed by atoms with Crippen LogP contribution in [0.3, 0.4) is 0 Å². The normalized spacial score (nSPS) is 11.7. The first-order valence-corrected chi connectivity index (χ1v) is 12.6. The van der Waals surface area contributed by atoms with Crippen LogP contribution in [0.15, 0.2) is 48.4 Å². The third-order valence-corrected chi connectivity index (χ3v) is 6.18. The van der Waals surface area contributed by atoms with Gasteiger partial charge in [0.2, 0.25) is 0 Å². The van der Waals surface area contributed by atoms with E-state index in [1.165, 1.54) is 50.9 Å². The van der Waals surface area contributed by atoms with Gasteiger partial charge in [0.1, 0.15) is 0 Å². The Morgan fingerprint density at radius 3 is 1.71 bits per heavy atom. The minimum absolute atomic E-state index is 0.883. The van der Waals surface area contributed by atoms with Crippen molar-refractivity contribution in [2.45, 2.75) is 87.7 Å². The molecular weight excluding hydrogens is 393 g/mol. The van der Waals surface area contributed by atoms with E-state index < -0.39 is 0 Å². The summed E-state index contributed by atoms with van der Waals surface area (Å²) in [7, 11) is 2.71. The molecule has 2 heteroatoms. The molecule has 0 saturated carbocycles. The van der Waals surface area contributed by atoms with Crippen LogP contribution in [0.4, 0.5) is 0 Å². The topological polar surface area (TPSA) is 3.24 Å². The standard InChI is InChI=1S/C25H32NP.2C2H6/c1-7-9-23-17(4)11-13-21-15-26(18(5)19(6)27)14-20-12-10-16(3)22(8-2)24(20)25(21)23;2*1-2/h10-13H,5-9,14-15,27H2,1-4H3;2*1-2H3. The number of hydrogen-bond donors (Lipinski definition) is 0. The molecule has 1 unspecified atom stereocenters. The Morgan fingerprint density at radius 2 is 1.29 bits per heavy atom. The largest absolute Gasteiger partial charge is 0.363 e. The quantitative estimate of drug-likeness (QED) is 0.334. The second-order valence-corrected chi connectivity index (χ2v) is 8.42. The molecule has 0 aliphatic carbocycles. The van der Waals surface area contributed by atoms with E-state index in [0.717, 1.165) is 36.9 Å². The lowest BCUT2D eigenvalue weighted by Gasteiger charge is -2.26. The Labute approximate surface area is 194 Å². The maximum absolute atomic E-state index is 4.31. The highest BCUT2D eigenvalue weighted by Crippen LogP contribution is 2.42. The van der Waals surface area contributed by atoms with Gasteiger partial charge in [-0.15, -0.1) is 9.24 Å². The number of hydrogen-bond acceptors (Lipinski definition) is 1. The molecule has 0 N–H and O–H groups in total. The van der Waals surface area contributed by atoms with Gasteiger partial charge in [0.05, 0.1) is 0 Å². The molecule has 1 aliphatic heterocycles. The van der Waals surface area contributed by atoms with Crippen LogP contribution in [0.25, 0.3) is 11.1 Å². The van der Waals surface area contributed by atoms with Crippen LogP contribution in [0.1, 0.15) is 81.3 Å². The zero-order valence-electron chi connectivity index (χ0n) is 21.3. The molecule has 1 nitrogen and oxygen atoms in total. The molecule has 0 spiro atoms. The van der Waals surface area contributed by atoms with Crippen LogP contribution in [0.2, 0.25) is 0 Å². The lowest BCUT2D eigenvalue weighted by molar-refractivity contribution is 0.343. The van der Waals surface area contributed by atoms with E-state index in [4.69, 9.17) is 0 Å². The summed E-state index contributed by atoms with van der Waals surface area (Å²) in [6.45, 7) is 27.3. The molecule has 170 valence electrons. The number of fused-ring (bicyclic) bond motifs is 3. The minimum atomic E-state index is 0.883. The predicted molar refractivity (Wildman–Crippen MR) is 145 cm³/mol. The van der Waals surface area contributed by atoms with Gasteiger partial charge in [-0.25, -0.2) is 0 Å². The SMILES string of the molecule is C=C(P)C(=C)N1Cc2ccc(C)c(CC)c2-c2c(ccc(C)c2CCC)C1.CC.CC. The van der Waals surface area contributed by atoms with Crippen LogP contribution in [0.5, 0.6) is 0 Å². The zero-order chi connectivity index (χ0) is 23.7. The summed E-state index contributed by atoms with van der Waals surface area (Å²) in [6, 6.07) is 9.23. The molecule has 1 heterocycles. The predicted octanol–water partition coefficient (Wildman–Crippen LogP) is 8.76. The first kappa shape index (κ1) is 27.2. The summed E-state index contributed by atoms with van der Waals surface area (Å²) < 4.78 is 0. The second-order valence-electron chi connectivity index (χ2n) is 7.72. The average Bonchev–Trinajstić information content (AvgIpc) is 2.95. The fourth-order valence-electron chi connectivity index (χ4n) is 4.38. The molecule has 2 aromatic carbocycles. The number of rotatable bonds is 5. The van der Waals surface area contributed by atoms with Crippen molar-refractivity contribution < 1.29 is 0 Å². The highest BCUT2D eigenvalue weighted by atomic mass is 31.0. The zero-order valence-corrected chi connectivity index (χ0v) is 22.4. The molecular formula is C29H44NP. The fraction of sp³-hybridized carbons (Fsp3) is 0.448. The van der Waals surface area contributed by atoms with Crippen LogP contribution in [-0.2, 0) is 25.9 Å². The van der Waals surface area contributed by atoms with Gasteiger partial charge in [-0.3, -0.25) is 0 Å². The second kappa shape index (κ2) is 12.9. The Bertz CT molecular complexity index is 907. The fourth-order valence-corrected chi connectivity index (χ4v) is 4.56. The molecule has 2 aromatic rings. The van der Waals surface area contributed by atoms with E-state index in [1.807, 2.05) is 27.7 Å². The van der Waals surface area contributed by atoms with E-state index in [2.05, 4.69) is 79.3 Å². The monoisotopic (exact) mass is 437 g/mol. The molecule has 0 radical (unpaired) electrons. The first-order chi connectivity index (χ1) is 14.9. The summed E-state index contributed by atoms with van der Waals surface area (Å²) >= 11 is 0. The summed E-state index contributed by atoms with van der Waals surface area (Å²) in [6.07, 6.45) is 3.35. The molecule has 0 bridgehead atoms. The van der Waals surface area contributed by atoms with Crippen molar-refractivity contribution in [3.63, 3.8) is 0 Å². The Balaban J connectivity index is 0.00000113. The van der Waals surface area contributed by atoms with Crippen LogP contribution < -0.4 is 0 Å². The van der Waals surface area contributed by atoms with Crippen molar-refractivity contribution >= 4 is 9.24 Å². The highest BCUT2D eigenvalue weighted by Gasteiger charge is 2.25. The molecule has 0 fully saturated rings. The maximum atomic E-state index is 4.31. The number of benzene rings is 2. The minimum Gasteiger partial charge on any atom is -0.363 e. The van der Waals surface area contributed by atoms with Gasteiger partial charge in [-0.05, 0) is 76.5 Å². The smallest absolute Gasteiger partial charge is 0.0439 e. The molecule has 31 heavy (non-hydrogen) atoms. The van der Waals surface area contributed by atoms with E-state index in [9.17, 15) is 0 Å².